The van der Waals surface area contributed by atoms with E-state index in [-0.39, 0.29) is 5.92 Å². The van der Waals surface area contributed by atoms with Gasteiger partial charge in [0.05, 0.1) is 5.92 Å². The van der Waals surface area contributed by atoms with Crippen LogP contribution in [0.15, 0.2) is 48.5 Å². The van der Waals surface area contributed by atoms with Crippen molar-refractivity contribution in [3.05, 3.63) is 70.8 Å². The summed E-state index contributed by atoms with van der Waals surface area (Å²) in [4.78, 5) is 0. The van der Waals surface area contributed by atoms with E-state index in [1.807, 2.05) is 42.5 Å². The van der Waals surface area contributed by atoms with Gasteiger partial charge in [-0.2, -0.15) is 0 Å². The molecule has 0 saturated carbocycles. The average Bonchev–Trinajstić information content (AvgIpc) is 2.35. The van der Waals surface area contributed by atoms with Gasteiger partial charge in [0.15, 0.2) is 0 Å². The van der Waals surface area contributed by atoms with Crippen molar-refractivity contribution >= 4 is 34.8 Å². The highest BCUT2D eigenvalue weighted by molar-refractivity contribution is 6.68. The third kappa shape index (κ3) is 3.25. The molecule has 0 aromatic heterocycles. The Kier molecular flexibility index (Phi) is 4.45. The highest BCUT2D eigenvalue weighted by Gasteiger charge is 2.36. The van der Waals surface area contributed by atoms with Crippen LogP contribution in [0.25, 0.3) is 0 Å². The second kappa shape index (κ2) is 5.75. The van der Waals surface area contributed by atoms with Crippen LogP contribution in [0, 0.1) is 13.8 Å². The first-order valence-corrected chi connectivity index (χ1v) is 7.22. The molecule has 2 aromatic rings. The number of rotatable bonds is 2. The van der Waals surface area contributed by atoms with Gasteiger partial charge in [-0.05, 0) is 36.1 Å². The van der Waals surface area contributed by atoms with Crippen LogP contribution in [0.3, 0.4) is 0 Å². The third-order valence-corrected chi connectivity index (χ3v) is 4.07. The Bertz CT molecular complexity index is 556. The number of alkyl halides is 3. The van der Waals surface area contributed by atoms with E-state index in [1.54, 1.807) is 0 Å². The predicted molar refractivity (Wildman–Crippen MR) is 84.5 cm³/mol. The molecule has 100 valence electrons. The van der Waals surface area contributed by atoms with E-state index < -0.39 is 3.79 Å². The standard InChI is InChI=1S/C16H15Cl3/c1-11-7-6-10-14(12(11)2)15(16(17,18)19)13-8-4-3-5-9-13/h3-10,15H,1-2H3. The van der Waals surface area contributed by atoms with Crippen LogP contribution >= 0.6 is 34.8 Å². The van der Waals surface area contributed by atoms with Crippen LogP contribution in [0.4, 0.5) is 0 Å². The molecule has 0 aliphatic heterocycles. The lowest BCUT2D eigenvalue weighted by Crippen LogP contribution is -2.19. The molecule has 0 heterocycles. The van der Waals surface area contributed by atoms with Crippen molar-refractivity contribution in [2.45, 2.75) is 23.6 Å². The molecule has 0 nitrogen and oxygen atoms in total. The van der Waals surface area contributed by atoms with Gasteiger partial charge in [-0.25, -0.2) is 0 Å². The van der Waals surface area contributed by atoms with Gasteiger partial charge in [-0.15, -0.1) is 0 Å². The first-order chi connectivity index (χ1) is 8.91. The molecule has 0 N–H and O–H groups in total. The summed E-state index contributed by atoms with van der Waals surface area (Å²) >= 11 is 18.7. The van der Waals surface area contributed by atoms with Crippen molar-refractivity contribution in [3.63, 3.8) is 0 Å². The van der Waals surface area contributed by atoms with E-state index >= 15 is 0 Å². The molecule has 0 saturated heterocycles. The molecule has 0 fully saturated rings. The van der Waals surface area contributed by atoms with Crippen molar-refractivity contribution in [1.29, 1.82) is 0 Å². The average molecular weight is 314 g/mol. The SMILES string of the molecule is Cc1cccc(C(c2ccccc2)C(Cl)(Cl)Cl)c1C. The summed E-state index contributed by atoms with van der Waals surface area (Å²) < 4.78 is -1.38. The molecule has 0 radical (unpaired) electrons. The van der Waals surface area contributed by atoms with Crippen molar-refractivity contribution < 1.29 is 0 Å². The van der Waals surface area contributed by atoms with Crippen LogP contribution in [0.5, 0.6) is 0 Å². The number of hydrogen-bond donors (Lipinski definition) is 0. The number of halogens is 3. The van der Waals surface area contributed by atoms with E-state index in [1.165, 1.54) is 11.1 Å². The summed E-state index contributed by atoms with van der Waals surface area (Å²) in [6, 6.07) is 16.0. The van der Waals surface area contributed by atoms with Crippen molar-refractivity contribution in [2.75, 3.05) is 0 Å². The number of benzene rings is 2. The Morgan fingerprint density at radius 1 is 0.842 bits per heavy atom. The second-order valence-electron chi connectivity index (χ2n) is 4.67. The van der Waals surface area contributed by atoms with Gasteiger partial charge in [0, 0.05) is 0 Å². The van der Waals surface area contributed by atoms with Gasteiger partial charge >= 0.3 is 0 Å². The van der Waals surface area contributed by atoms with Crippen molar-refractivity contribution in [3.8, 4) is 0 Å². The summed E-state index contributed by atoms with van der Waals surface area (Å²) in [5, 5.41) is 0. The lowest BCUT2D eigenvalue weighted by Gasteiger charge is -2.27. The minimum Gasteiger partial charge on any atom is -0.0826 e. The Hall–Kier alpha value is -0.690. The van der Waals surface area contributed by atoms with Gasteiger partial charge in [-0.3, -0.25) is 0 Å². The fraction of sp³-hybridized carbons (Fsp3) is 0.250. The zero-order chi connectivity index (χ0) is 14.0. The van der Waals surface area contributed by atoms with Crippen molar-refractivity contribution in [2.24, 2.45) is 0 Å². The minimum absolute atomic E-state index is 0.265. The largest absolute Gasteiger partial charge is 0.201 e. The zero-order valence-electron chi connectivity index (χ0n) is 10.8. The molecule has 0 aliphatic rings. The number of aryl methyl sites for hydroxylation is 1. The monoisotopic (exact) mass is 312 g/mol. The molecule has 0 amide bonds. The third-order valence-electron chi connectivity index (χ3n) is 3.42. The highest BCUT2D eigenvalue weighted by Crippen LogP contribution is 2.46. The maximum atomic E-state index is 6.22. The molecule has 3 heteroatoms. The molecule has 1 atom stereocenters. The van der Waals surface area contributed by atoms with Crippen molar-refractivity contribution in [1.82, 2.24) is 0 Å². The fourth-order valence-electron chi connectivity index (χ4n) is 2.28. The first-order valence-electron chi connectivity index (χ1n) is 6.09. The predicted octanol–water partition coefficient (Wildman–Crippen LogP) is 5.81. The highest BCUT2D eigenvalue weighted by atomic mass is 35.6. The number of hydrogen-bond acceptors (Lipinski definition) is 0. The Morgan fingerprint density at radius 2 is 1.47 bits per heavy atom. The maximum absolute atomic E-state index is 6.22. The normalized spacial score (nSPS) is 13.3. The van der Waals surface area contributed by atoms with E-state index in [2.05, 4.69) is 19.9 Å². The topological polar surface area (TPSA) is 0 Å². The summed E-state index contributed by atoms with van der Waals surface area (Å²) in [6.07, 6.45) is 0. The molecule has 0 spiro atoms. The quantitative estimate of drug-likeness (QED) is 0.614. The van der Waals surface area contributed by atoms with Gasteiger partial charge in [0.25, 0.3) is 0 Å². The lowest BCUT2D eigenvalue weighted by molar-refractivity contribution is 0.829. The zero-order valence-corrected chi connectivity index (χ0v) is 13.1. The van der Waals surface area contributed by atoms with Crippen LogP contribution in [-0.4, -0.2) is 3.79 Å². The van der Waals surface area contributed by atoms with E-state index in [0.717, 1.165) is 11.1 Å². The smallest absolute Gasteiger partial charge is 0.0826 e. The summed E-state index contributed by atoms with van der Waals surface area (Å²) in [5.41, 5.74) is 4.44. The van der Waals surface area contributed by atoms with Crippen LogP contribution in [0.1, 0.15) is 28.2 Å². The van der Waals surface area contributed by atoms with Gasteiger partial charge in [0.1, 0.15) is 0 Å². The Balaban J connectivity index is 2.60. The molecule has 19 heavy (non-hydrogen) atoms. The molecule has 2 aromatic carbocycles. The summed E-state index contributed by atoms with van der Waals surface area (Å²) in [6.45, 7) is 4.14. The van der Waals surface area contributed by atoms with E-state index in [4.69, 9.17) is 34.8 Å². The van der Waals surface area contributed by atoms with Gasteiger partial charge < -0.3 is 0 Å². The fourth-order valence-corrected chi connectivity index (χ4v) is 3.01. The van der Waals surface area contributed by atoms with Crippen LogP contribution < -0.4 is 0 Å². The molecule has 1 unspecified atom stereocenters. The Labute approximate surface area is 129 Å². The first kappa shape index (κ1) is 14.7. The Morgan fingerprint density at radius 3 is 2.05 bits per heavy atom. The molecule has 2 rings (SSSR count). The van der Waals surface area contributed by atoms with E-state index in [0.29, 0.717) is 0 Å². The maximum Gasteiger partial charge on any atom is 0.201 e. The molecular formula is C16H15Cl3. The van der Waals surface area contributed by atoms with Crippen LogP contribution in [-0.2, 0) is 0 Å². The second-order valence-corrected chi connectivity index (χ2v) is 7.04. The molecule has 0 bridgehead atoms. The molecular weight excluding hydrogens is 299 g/mol. The van der Waals surface area contributed by atoms with Gasteiger partial charge in [-0.1, -0.05) is 83.3 Å². The summed E-state index contributed by atoms with van der Waals surface area (Å²) in [5.74, 6) is -0.265. The summed E-state index contributed by atoms with van der Waals surface area (Å²) in [7, 11) is 0. The lowest BCUT2D eigenvalue weighted by atomic mass is 9.88. The van der Waals surface area contributed by atoms with Crippen LogP contribution in [0.2, 0.25) is 0 Å². The molecule has 0 aliphatic carbocycles. The van der Waals surface area contributed by atoms with Gasteiger partial charge in [0.2, 0.25) is 3.79 Å². The van der Waals surface area contributed by atoms with E-state index in [9.17, 15) is 0 Å². The minimum atomic E-state index is -1.38.